The van der Waals surface area contributed by atoms with Gasteiger partial charge in [-0.25, -0.2) is 4.98 Å². The number of aromatic nitrogens is 1. The summed E-state index contributed by atoms with van der Waals surface area (Å²) in [5, 5.41) is 6.64. The highest BCUT2D eigenvalue weighted by Crippen LogP contribution is 2.14. The fourth-order valence-electron chi connectivity index (χ4n) is 1.03. The Morgan fingerprint density at radius 1 is 1.67 bits per heavy atom. The van der Waals surface area contributed by atoms with Gasteiger partial charge in [0.2, 0.25) is 0 Å². The average molecular weight is 184 g/mol. The highest BCUT2D eigenvalue weighted by molar-refractivity contribution is 7.09. The molecule has 0 aliphatic carbocycles. The second-order valence-electron chi connectivity index (χ2n) is 2.90. The van der Waals surface area contributed by atoms with Crippen molar-refractivity contribution in [1.82, 2.24) is 10.3 Å². The normalized spacial score (nSPS) is 13.2. The van der Waals surface area contributed by atoms with Gasteiger partial charge in [-0.05, 0) is 19.9 Å². The molecule has 1 aromatic rings. The molecule has 0 fully saturated rings. The summed E-state index contributed by atoms with van der Waals surface area (Å²) < 4.78 is 0. The van der Waals surface area contributed by atoms with E-state index in [1.165, 1.54) is 17.8 Å². The molecule has 3 heteroatoms. The molecule has 2 nitrogen and oxygen atoms in total. The number of rotatable bonds is 5. The van der Waals surface area contributed by atoms with Crippen molar-refractivity contribution in [2.45, 2.75) is 32.7 Å². The minimum absolute atomic E-state index is 0.413. The summed E-state index contributed by atoms with van der Waals surface area (Å²) in [7, 11) is 0. The third-order valence-electron chi connectivity index (χ3n) is 1.80. The molecule has 0 aromatic carbocycles. The van der Waals surface area contributed by atoms with Crippen molar-refractivity contribution in [2.24, 2.45) is 0 Å². The average Bonchev–Trinajstić information content (AvgIpc) is 2.56. The lowest BCUT2D eigenvalue weighted by Crippen LogP contribution is -2.19. The van der Waals surface area contributed by atoms with Gasteiger partial charge in [-0.2, -0.15) is 0 Å². The van der Waals surface area contributed by atoms with E-state index in [0.717, 1.165) is 6.54 Å². The zero-order valence-corrected chi connectivity index (χ0v) is 8.53. The molecule has 0 saturated carbocycles. The van der Waals surface area contributed by atoms with Crippen LogP contribution in [-0.2, 0) is 0 Å². The van der Waals surface area contributed by atoms with E-state index in [-0.39, 0.29) is 0 Å². The molecule has 0 saturated heterocycles. The second-order valence-corrected chi connectivity index (χ2v) is 3.83. The van der Waals surface area contributed by atoms with Crippen LogP contribution in [0.3, 0.4) is 0 Å². The summed E-state index contributed by atoms with van der Waals surface area (Å²) in [5.41, 5.74) is 0. The van der Waals surface area contributed by atoms with Crippen molar-refractivity contribution in [3.8, 4) is 0 Å². The Morgan fingerprint density at radius 3 is 3.08 bits per heavy atom. The molecule has 1 rings (SSSR count). The first-order valence-corrected chi connectivity index (χ1v) is 5.35. The number of thiazole rings is 1. The Kier molecular flexibility index (Phi) is 4.25. The van der Waals surface area contributed by atoms with Crippen molar-refractivity contribution in [3.05, 3.63) is 16.6 Å². The Labute approximate surface area is 78.0 Å². The van der Waals surface area contributed by atoms with Gasteiger partial charge in [0.15, 0.2) is 0 Å². The zero-order chi connectivity index (χ0) is 8.81. The minimum Gasteiger partial charge on any atom is -0.308 e. The van der Waals surface area contributed by atoms with Crippen LogP contribution in [0, 0.1) is 0 Å². The van der Waals surface area contributed by atoms with Gasteiger partial charge >= 0.3 is 0 Å². The zero-order valence-electron chi connectivity index (χ0n) is 7.71. The Morgan fingerprint density at radius 2 is 2.50 bits per heavy atom. The molecule has 0 bridgehead atoms. The van der Waals surface area contributed by atoms with Crippen LogP contribution in [0.2, 0.25) is 0 Å². The van der Waals surface area contributed by atoms with Gasteiger partial charge in [0.05, 0.1) is 6.04 Å². The van der Waals surface area contributed by atoms with Gasteiger partial charge in [-0.1, -0.05) is 13.3 Å². The fraction of sp³-hybridized carbons (Fsp3) is 0.667. The van der Waals surface area contributed by atoms with Crippen molar-refractivity contribution in [2.75, 3.05) is 6.54 Å². The number of hydrogen-bond donors (Lipinski definition) is 1. The lowest BCUT2D eigenvalue weighted by molar-refractivity contribution is 0.552. The molecule has 1 heterocycles. The second kappa shape index (κ2) is 5.27. The lowest BCUT2D eigenvalue weighted by atomic mass is 10.3. The molecule has 12 heavy (non-hydrogen) atoms. The molecule has 1 unspecified atom stereocenters. The molecule has 1 atom stereocenters. The van der Waals surface area contributed by atoms with E-state index in [4.69, 9.17) is 0 Å². The standard InChI is InChI=1S/C9H16N2S/c1-3-4-5-10-8(2)9-11-6-7-12-9/h6-8,10H,3-5H2,1-2H3. The maximum Gasteiger partial charge on any atom is 0.109 e. The van der Waals surface area contributed by atoms with Crippen LogP contribution in [0.15, 0.2) is 11.6 Å². The third-order valence-corrected chi connectivity index (χ3v) is 2.76. The van der Waals surface area contributed by atoms with Crippen molar-refractivity contribution < 1.29 is 0 Å². The molecule has 0 radical (unpaired) electrons. The molecular formula is C9H16N2S. The van der Waals surface area contributed by atoms with E-state index in [2.05, 4.69) is 24.1 Å². The van der Waals surface area contributed by atoms with E-state index in [9.17, 15) is 0 Å². The maximum atomic E-state index is 4.25. The van der Waals surface area contributed by atoms with Gasteiger partial charge < -0.3 is 5.32 Å². The lowest BCUT2D eigenvalue weighted by Gasteiger charge is -2.09. The van der Waals surface area contributed by atoms with Gasteiger partial charge in [-0.3, -0.25) is 0 Å². The first-order chi connectivity index (χ1) is 5.84. The van der Waals surface area contributed by atoms with Crippen LogP contribution in [0.5, 0.6) is 0 Å². The predicted molar refractivity (Wildman–Crippen MR) is 53.4 cm³/mol. The first-order valence-electron chi connectivity index (χ1n) is 4.47. The van der Waals surface area contributed by atoms with Crippen molar-refractivity contribution >= 4 is 11.3 Å². The summed E-state index contributed by atoms with van der Waals surface area (Å²) >= 11 is 1.72. The number of unbranched alkanes of at least 4 members (excludes halogenated alkanes) is 1. The number of nitrogens with one attached hydrogen (secondary N) is 1. The molecule has 68 valence electrons. The summed E-state index contributed by atoms with van der Waals surface area (Å²) in [6.07, 6.45) is 4.35. The molecule has 0 spiro atoms. The van der Waals surface area contributed by atoms with E-state index in [0.29, 0.717) is 6.04 Å². The highest BCUT2D eigenvalue weighted by atomic mass is 32.1. The van der Waals surface area contributed by atoms with Gasteiger partial charge in [0, 0.05) is 11.6 Å². The number of nitrogens with zero attached hydrogens (tertiary/aromatic N) is 1. The molecule has 1 aromatic heterocycles. The Bertz CT molecular complexity index is 196. The summed E-state index contributed by atoms with van der Waals surface area (Å²) in [6, 6.07) is 0.413. The van der Waals surface area contributed by atoms with E-state index in [1.807, 2.05) is 11.6 Å². The Hall–Kier alpha value is -0.410. The van der Waals surface area contributed by atoms with Crippen LogP contribution < -0.4 is 5.32 Å². The molecular weight excluding hydrogens is 168 g/mol. The molecule has 1 N–H and O–H groups in total. The van der Waals surface area contributed by atoms with Gasteiger partial charge in [0.25, 0.3) is 0 Å². The molecule has 0 aliphatic heterocycles. The Balaban J connectivity index is 2.25. The summed E-state index contributed by atoms with van der Waals surface area (Å²) in [5.74, 6) is 0. The number of hydrogen-bond acceptors (Lipinski definition) is 3. The van der Waals surface area contributed by atoms with Crippen molar-refractivity contribution in [1.29, 1.82) is 0 Å². The van der Waals surface area contributed by atoms with Gasteiger partial charge in [-0.15, -0.1) is 11.3 Å². The third kappa shape index (κ3) is 2.91. The van der Waals surface area contributed by atoms with Crippen LogP contribution in [0.4, 0.5) is 0 Å². The van der Waals surface area contributed by atoms with Crippen LogP contribution in [-0.4, -0.2) is 11.5 Å². The van der Waals surface area contributed by atoms with E-state index < -0.39 is 0 Å². The summed E-state index contributed by atoms with van der Waals surface area (Å²) in [4.78, 5) is 4.25. The topological polar surface area (TPSA) is 24.9 Å². The van der Waals surface area contributed by atoms with E-state index in [1.54, 1.807) is 11.3 Å². The van der Waals surface area contributed by atoms with Crippen molar-refractivity contribution in [3.63, 3.8) is 0 Å². The first kappa shape index (κ1) is 9.68. The maximum absolute atomic E-state index is 4.25. The smallest absolute Gasteiger partial charge is 0.109 e. The fourth-order valence-corrected chi connectivity index (χ4v) is 1.70. The molecule has 0 aliphatic rings. The highest BCUT2D eigenvalue weighted by Gasteiger charge is 2.05. The van der Waals surface area contributed by atoms with Crippen LogP contribution >= 0.6 is 11.3 Å². The van der Waals surface area contributed by atoms with Crippen LogP contribution in [0.1, 0.15) is 37.7 Å². The largest absolute Gasteiger partial charge is 0.308 e. The van der Waals surface area contributed by atoms with E-state index >= 15 is 0 Å². The monoisotopic (exact) mass is 184 g/mol. The SMILES string of the molecule is CCCCNC(C)c1nccs1. The summed E-state index contributed by atoms with van der Waals surface area (Å²) in [6.45, 7) is 5.46. The minimum atomic E-state index is 0.413. The van der Waals surface area contributed by atoms with Gasteiger partial charge in [0.1, 0.15) is 5.01 Å². The molecule has 0 amide bonds. The predicted octanol–water partition coefficient (Wildman–Crippen LogP) is 2.59. The van der Waals surface area contributed by atoms with Crippen LogP contribution in [0.25, 0.3) is 0 Å². The quantitative estimate of drug-likeness (QED) is 0.711.